The minimum absolute atomic E-state index is 0.0369. The predicted octanol–water partition coefficient (Wildman–Crippen LogP) is 5.21. The average molecular weight is 456 g/mol. The number of aryl methyl sites for hydroxylation is 1. The highest BCUT2D eigenvalue weighted by atomic mass is 19.4. The van der Waals surface area contributed by atoms with Crippen LogP contribution in [0.4, 0.5) is 19.0 Å². The Morgan fingerprint density at radius 1 is 1.21 bits per heavy atom. The number of fused-ring (bicyclic) bond motifs is 1. The number of hydrogen-bond acceptors (Lipinski definition) is 5. The summed E-state index contributed by atoms with van der Waals surface area (Å²) in [5, 5.41) is 12.6. The Hall–Kier alpha value is -2.92. The van der Waals surface area contributed by atoms with E-state index in [2.05, 4.69) is 45.3 Å². The molecule has 2 aliphatic rings. The molecule has 1 fully saturated rings. The topological polar surface area (TPSA) is 64.8 Å². The first-order valence-electron chi connectivity index (χ1n) is 11.4. The molecule has 1 aliphatic carbocycles. The maximum absolute atomic E-state index is 12.5. The number of aromatic nitrogens is 2. The van der Waals surface area contributed by atoms with Gasteiger partial charge in [-0.25, -0.2) is 9.97 Å². The summed E-state index contributed by atoms with van der Waals surface area (Å²) in [6.07, 6.45) is 3.08. The molecule has 8 heteroatoms. The van der Waals surface area contributed by atoms with Gasteiger partial charge in [-0.3, -0.25) is 4.90 Å². The zero-order valence-electron chi connectivity index (χ0n) is 18.8. The normalized spacial score (nSPS) is 16.9. The lowest BCUT2D eigenvalue weighted by Gasteiger charge is -2.33. The highest BCUT2D eigenvalue weighted by Crippen LogP contribution is 2.30. The number of nitriles is 1. The molecule has 0 radical (unpaired) electrons. The Morgan fingerprint density at radius 3 is 2.73 bits per heavy atom. The third kappa shape index (κ3) is 5.91. The number of hydrogen-bond donors (Lipinski definition) is 1. The van der Waals surface area contributed by atoms with Gasteiger partial charge in [0, 0.05) is 55.9 Å². The van der Waals surface area contributed by atoms with Gasteiger partial charge in [-0.15, -0.1) is 0 Å². The number of piperidine rings is 1. The van der Waals surface area contributed by atoms with Gasteiger partial charge in [0.1, 0.15) is 12.1 Å². The molecule has 0 atom stereocenters. The zero-order valence-corrected chi connectivity index (χ0v) is 18.8. The number of nitrogens with one attached hydrogen (secondary N) is 1. The van der Waals surface area contributed by atoms with E-state index in [1.165, 1.54) is 28.6 Å². The largest absolute Gasteiger partial charge is 0.389 e. The van der Waals surface area contributed by atoms with E-state index in [9.17, 15) is 18.4 Å². The smallest absolute Gasteiger partial charge is 0.367 e. The van der Waals surface area contributed by atoms with Crippen LogP contribution in [0.2, 0.25) is 0 Å². The van der Waals surface area contributed by atoms with Gasteiger partial charge in [0.15, 0.2) is 0 Å². The van der Waals surface area contributed by atoms with Crippen molar-refractivity contribution in [1.82, 2.24) is 14.9 Å². The predicted molar refractivity (Wildman–Crippen MR) is 121 cm³/mol. The monoisotopic (exact) mass is 455 g/mol. The second-order valence-electron chi connectivity index (χ2n) is 8.94. The van der Waals surface area contributed by atoms with Crippen molar-refractivity contribution in [1.29, 1.82) is 5.26 Å². The first kappa shape index (κ1) is 23.2. The molecule has 1 aromatic carbocycles. The number of allylic oxidation sites excluding steroid dienone is 1. The number of alkyl halides is 3. The summed E-state index contributed by atoms with van der Waals surface area (Å²) in [5.41, 5.74) is 6.53. The lowest BCUT2D eigenvalue weighted by Crippen LogP contribution is -2.39. The number of nitrogens with zero attached hydrogens (tertiary/aromatic N) is 4. The van der Waals surface area contributed by atoms with Crippen LogP contribution < -0.4 is 5.32 Å². The third-order valence-corrected chi connectivity index (χ3v) is 6.58. The number of halogens is 3. The lowest BCUT2D eigenvalue weighted by molar-refractivity contribution is -0.135. The molecule has 2 heterocycles. The summed E-state index contributed by atoms with van der Waals surface area (Å²) in [5.74, 6) is 0.653. The zero-order chi connectivity index (χ0) is 23.4. The van der Waals surface area contributed by atoms with Gasteiger partial charge in [-0.2, -0.15) is 18.4 Å². The Morgan fingerprint density at radius 2 is 2.00 bits per heavy atom. The lowest BCUT2D eigenvalue weighted by atomic mass is 9.97. The quantitative estimate of drug-likeness (QED) is 0.621. The molecule has 0 saturated carbocycles. The van der Waals surface area contributed by atoms with Crippen molar-refractivity contribution in [2.24, 2.45) is 0 Å². The standard InChI is InChI=1S/C25H28F3N5/c1-17-21(5-4-19-11-18(13-29)12-23(17)19)15-33-9-6-22(7-10-33)32-24-20(14-30-16-31-24)3-2-8-25(26,27)28/h4-5,12,14,16,22H,2-3,6-11,15H2,1H3,(H,30,31,32). The molecule has 0 bridgehead atoms. The summed E-state index contributed by atoms with van der Waals surface area (Å²) in [7, 11) is 0. The van der Waals surface area contributed by atoms with Gasteiger partial charge in [-0.1, -0.05) is 12.1 Å². The van der Waals surface area contributed by atoms with Crippen LogP contribution in [0.15, 0.2) is 30.2 Å². The third-order valence-electron chi connectivity index (χ3n) is 6.58. The molecule has 0 amide bonds. The minimum Gasteiger partial charge on any atom is -0.367 e. The first-order chi connectivity index (χ1) is 15.8. The van der Waals surface area contributed by atoms with E-state index in [1.54, 1.807) is 6.20 Å². The maximum atomic E-state index is 12.5. The molecule has 4 rings (SSSR count). The molecule has 5 nitrogen and oxygen atoms in total. The van der Waals surface area contributed by atoms with Gasteiger partial charge in [0.05, 0.1) is 6.07 Å². The summed E-state index contributed by atoms with van der Waals surface area (Å²) >= 11 is 0. The summed E-state index contributed by atoms with van der Waals surface area (Å²) < 4.78 is 37.4. The van der Waals surface area contributed by atoms with Crippen molar-refractivity contribution >= 4 is 11.9 Å². The van der Waals surface area contributed by atoms with E-state index in [1.807, 2.05) is 6.08 Å². The van der Waals surface area contributed by atoms with Gasteiger partial charge < -0.3 is 5.32 Å². The van der Waals surface area contributed by atoms with Crippen LogP contribution >= 0.6 is 0 Å². The van der Waals surface area contributed by atoms with Gasteiger partial charge in [-0.05, 0) is 60.9 Å². The fourth-order valence-corrected chi connectivity index (χ4v) is 4.68. The molecule has 1 aromatic heterocycles. The van der Waals surface area contributed by atoms with Crippen molar-refractivity contribution in [3.63, 3.8) is 0 Å². The highest BCUT2D eigenvalue weighted by molar-refractivity contribution is 5.70. The Balaban J connectivity index is 1.31. The average Bonchev–Trinajstić information content (AvgIpc) is 3.22. The van der Waals surface area contributed by atoms with Crippen molar-refractivity contribution in [2.75, 3.05) is 18.4 Å². The van der Waals surface area contributed by atoms with E-state index in [0.29, 0.717) is 12.2 Å². The molecule has 1 saturated heterocycles. The van der Waals surface area contributed by atoms with Crippen molar-refractivity contribution in [3.05, 3.63) is 58.0 Å². The van der Waals surface area contributed by atoms with Crippen molar-refractivity contribution in [2.45, 2.75) is 64.2 Å². The van der Waals surface area contributed by atoms with Crippen LogP contribution in [0.1, 0.15) is 53.5 Å². The Bertz CT molecular complexity index is 1060. The van der Waals surface area contributed by atoms with Crippen molar-refractivity contribution in [3.8, 4) is 6.07 Å². The Labute approximate surface area is 192 Å². The van der Waals surface area contributed by atoms with Crippen LogP contribution in [0, 0.1) is 18.3 Å². The highest BCUT2D eigenvalue weighted by Gasteiger charge is 2.27. The molecular weight excluding hydrogens is 427 g/mol. The molecule has 0 spiro atoms. The molecule has 2 aromatic rings. The Kier molecular flexibility index (Phi) is 6.99. The second kappa shape index (κ2) is 9.92. The van der Waals surface area contributed by atoms with E-state index in [4.69, 9.17) is 0 Å². The maximum Gasteiger partial charge on any atom is 0.389 e. The molecule has 1 aliphatic heterocycles. The molecular formula is C25H28F3N5. The van der Waals surface area contributed by atoms with Crippen LogP contribution in [0.5, 0.6) is 0 Å². The molecule has 174 valence electrons. The fourth-order valence-electron chi connectivity index (χ4n) is 4.68. The van der Waals surface area contributed by atoms with E-state index in [0.717, 1.165) is 50.0 Å². The van der Waals surface area contributed by atoms with Crippen molar-refractivity contribution < 1.29 is 13.2 Å². The fraction of sp³-hybridized carbons (Fsp3) is 0.480. The number of likely N-dealkylation sites (tertiary alicyclic amines) is 1. The summed E-state index contributed by atoms with van der Waals surface area (Å²) in [4.78, 5) is 10.7. The van der Waals surface area contributed by atoms with Crippen LogP contribution in [0.3, 0.4) is 0 Å². The van der Waals surface area contributed by atoms with E-state index >= 15 is 0 Å². The van der Waals surface area contributed by atoms with E-state index in [-0.39, 0.29) is 12.5 Å². The van der Waals surface area contributed by atoms with Gasteiger partial charge in [0.25, 0.3) is 0 Å². The first-order valence-corrected chi connectivity index (χ1v) is 11.4. The van der Waals surface area contributed by atoms with Crippen LogP contribution in [-0.2, 0) is 19.4 Å². The van der Waals surface area contributed by atoms with E-state index < -0.39 is 12.6 Å². The van der Waals surface area contributed by atoms with Crippen LogP contribution in [-0.4, -0.2) is 40.2 Å². The number of anilines is 1. The number of benzene rings is 1. The summed E-state index contributed by atoms with van der Waals surface area (Å²) in [6.45, 7) is 4.87. The van der Waals surface area contributed by atoms with Gasteiger partial charge >= 0.3 is 6.18 Å². The number of rotatable bonds is 7. The summed E-state index contributed by atoms with van der Waals surface area (Å²) in [6, 6.07) is 6.83. The molecule has 0 unspecified atom stereocenters. The SMILES string of the molecule is Cc1c(CN2CCC(Nc3ncncc3CCCC(F)(F)F)CC2)ccc2c1C=C(C#N)C2. The second-order valence-corrected chi connectivity index (χ2v) is 8.94. The van der Waals surface area contributed by atoms with Crippen LogP contribution in [0.25, 0.3) is 6.08 Å². The van der Waals surface area contributed by atoms with Gasteiger partial charge in [0.2, 0.25) is 0 Å². The minimum atomic E-state index is -4.14. The molecule has 33 heavy (non-hydrogen) atoms. The molecule has 1 N–H and O–H groups in total.